The molecule has 1 amide bonds. The zero-order valence-corrected chi connectivity index (χ0v) is 13.6. The summed E-state index contributed by atoms with van der Waals surface area (Å²) in [6.07, 6.45) is 5.04. The van der Waals surface area contributed by atoms with Crippen LogP contribution >= 0.6 is 0 Å². The fraction of sp³-hybridized carbons (Fsp3) is 0.611. The molecule has 0 aromatic heterocycles. The van der Waals surface area contributed by atoms with Crippen LogP contribution < -0.4 is 10.1 Å². The fourth-order valence-electron chi connectivity index (χ4n) is 3.86. The first-order valence-electron chi connectivity index (χ1n) is 8.30. The lowest BCUT2D eigenvalue weighted by Crippen LogP contribution is -2.56. The van der Waals surface area contributed by atoms with Gasteiger partial charge in [0.05, 0.1) is 12.6 Å². The molecule has 0 unspecified atom stereocenters. The van der Waals surface area contributed by atoms with Crippen LogP contribution in [0.2, 0.25) is 0 Å². The van der Waals surface area contributed by atoms with Gasteiger partial charge < -0.3 is 15.0 Å². The average Bonchev–Trinajstić information content (AvgIpc) is 2.89. The van der Waals surface area contributed by atoms with Gasteiger partial charge in [0.15, 0.2) is 0 Å². The predicted molar refractivity (Wildman–Crippen MR) is 86.8 cm³/mol. The number of carbonyl (C=O) groups is 1. The van der Waals surface area contributed by atoms with E-state index < -0.39 is 0 Å². The standard InChI is InChI=1S/C18H26N2O2/c1-18-11-12-19-16(18)5-3-4-6-17(21)20(18)13-14-7-9-15(22-2)10-8-14/h7-10,16,19H,3-6,11-13H2,1-2H3/t16-,18-/m0/s1. The summed E-state index contributed by atoms with van der Waals surface area (Å²) in [7, 11) is 1.67. The maximum atomic E-state index is 12.7. The summed E-state index contributed by atoms with van der Waals surface area (Å²) in [6, 6.07) is 8.49. The highest BCUT2D eigenvalue weighted by atomic mass is 16.5. The molecule has 3 rings (SSSR count). The molecule has 4 heteroatoms. The molecule has 2 heterocycles. The minimum Gasteiger partial charge on any atom is -0.497 e. The van der Waals surface area contributed by atoms with Crippen LogP contribution in [0.5, 0.6) is 5.75 Å². The molecule has 120 valence electrons. The number of fused-ring (bicyclic) bond motifs is 1. The molecule has 4 nitrogen and oxygen atoms in total. The lowest BCUT2D eigenvalue weighted by atomic mass is 9.84. The number of likely N-dealkylation sites (tertiary alicyclic amines) is 1. The number of methoxy groups -OCH3 is 1. The molecule has 1 N–H and O–H groups in total. The zero-order chi connectivity index (χ0) is 15.6. The molecule has 2 aliphatic heterocycles. The van der Waals surface area contributed by atoms with Gasteiger partial charge in [-0.3, -0.25) is 4.79 Å². The Morgan fingerprint density at radius 2 is 2.09 bits per heavy atom. The first-order valence-corrected chi connectivity index (χ1v) is 8.30. The number of rotatable bonds is 3. The van der Waals surface area contributed by atoms with E-state index in [1.54, 1.807) is 7.11 Å². The summed E-state index contributed by atoms with van der Waals surface area (Å²) in [5.41, 5.74) is 1.11. The van der Waals surface area contributed by atoms with E-state index in [9.17, 15) is 4.79 Å². The molecule has 1 aromatic rings. The quantitative estimate of drug-likeness (QED) is 0.933. The molecular weight excluding hydrogens is 276 g/mol. The Bertz CT molecular complexity index is 528. The van der Waals surface area contributed by atoms with Gasteiger partial charge in [0.25, 0.3) is 0 Å². The molecule has 2 aliphatic rings. The van der Waals surface area contributed by atoms with E-state index in [4.69, 9.17) is 4.74 Å². The second kappa shape index (κ2) is 6.29. The van der Waals surface area contributed by atoms with Crippen molar-refractivity contribution in [3.05, 3.63) is 29.8 Å². The molecule has 2 atom stereocenters. The number of amides is 1. The third-order valence-electron chi connectivity index (χ3n) is 5.32. The van der Waals surface area contributed by atoms with Crippen LogP contribution in [0.25, 0.3) is 0 Å². The van der Waals surface area contributed by atoms with E-state index in [1.807, 2.05) is 12.1 Å². The number of nitrogens with zero attached hydrogens (tertiary/aromatic N) is 1. The Morgan fingerprint density at radius 3 is 2.82 bits per heavy atom. The maximum Gasteiger partial charge on any atom is 0.223 e. The molecule has 2 fully saturated rings. The zero-order valence-electron chi connectivity index (χ0n) is 13.6. The maximum absolute atomic E-state index is 12.7. The van der Waals surface area contributed by atoms with E-state index >= 15 is 0 Å². The summed E-state index contributed by atoms with van der Waals surface area (Å²) in [4.78, 5) is 14.8. The minimum absolute atomic E-state index is 0.0581. The number of hydrogen-bond acceptors (Lipinski definition) is 3. The molecule has 2 saturated heterocycles. The Hall–Kier alpha value is -1.55. The second-order valence-corrected chi connectivity index (χ2v) is 6.69. The number of ether oxygens (including phenoxy) is 1. The van der Waals surface area contributed by atoms with Crippen molar-refractivity contribution in [1.82, 2.24) is 10.2 Å². The molecule has 22 heavy (non-hydrogen) atoms. The normalized spacial score (nSPS) is 28.9. The van der Waals surface area contributed by atoms with E-state index in [1.165, 1.54) is 12.0 Å². The highest BCUT2D eigenvalue weighted by Crippen LogP contribution is 2.35. The molecule has 0 bridgehead atoms. The van der Waals surface area contributed by atoms with Crippen LogP contribution in [0.15, 0.2) is 24.3 Å². The highest BCUT2D eigenvalue weighted by molar-refractivity contribution is 5.77. The molecular formula is C18H26N2O2. The third kappa shape index (κ3) is 2.84. The fourth-order valence-corrected chi connectivity index (χ4v) is 3.86. The Morgan fingerprint density at radius 1 is 1.32 bits per heavy atom. The van der Waals surface area contributed by atoms with Crippen molar-refractivity contribution in [2.75, 3.05) is 13.7 Å². The molecule has 0 aliphatic carbocycles. The van der Waals surface area contributed by atoms with Gasteiger partial charge >= 0.3 is 0 Å². The van der Waals surface area contributed by atoms with Gasteiger partial charge in [-0.15, -0.1) is 0 Å². The van der Waals surface area contributed by atoms with Crippen LogP contribution in [0.4, 0.5) is 0 Å². The Kier molecular flexibility index (Phi) is 4.39. The Labute approximate surface area is 132 Å². The second-order valence-electron chi connectivity index (χ2n) is 6.69. The van der Waals surface area contributed by atoms with E-state index in [0.29, 0.717) is 24.9 Å². The number of nitrogens with one attached hydrogen (secondary N) is 1. The van der Waals surface area contributed by atoms with Gasteiger partial charge in [-0.25, -0.2) is 0 Å². The van der Waals surface area contributed by atoms with Gasteiger partial charge in [-0.1, -0.05) is 18.6 Å². The van der Waals surface area contributed by atoms with Gasteiger partial charge in [0.2, 0.25) is 5.91 Å². The van der Waals surface area contributed by atoms with Gasteiger partial charge in [0.1, 0.15) is 5.75 Å². The van der Waals surface area contributed by atoms with Crippen LogP contribution in [-0.4, -0.2) is 36.0 Å². The van der Waals surface area contributed by atoms with Crippen LogP contribution in [0.1, 0.15) is 44.6 Å². The van der Waals surface area contributed by atoms with Crippen molar-refractivity contribution < 1.29 is 9.53 Å². The summed E-state index contributed by atoms with van der Waals surface area (Å²) >= 11 is 0. The molecule has 1 aromatic carbocycles. The monoisotopic (exact) mass is 302 g/mol. The van der Waals surface area contributed by atoms with E-state index in [0.717, 1.165) is 31.6 Å². The summed E-state index contributed by atoms with van der Waals surface area (Å²) in [6.45, 7) is 3.95. The number of hydrogen-bond donors (Lipinski definition) is 1. The van der Waals surface area contributed by atoms with Gasteiger partial charge in [0, 0.05) is 19.0 Å². The van der Waals surface area contributed by atoms with Crippen LogP contribution in [-0.2, 0) is 11.3 Å². The van der Waals surface area contributed by atoms with Crippen LogP contribution in [0, 0.1) is 0 Å². The van der Waals surface area contributed by atoms with Gasteiger partial charge in [-0.2, -0.15) is 0 Å². The lowest BCUT2D eigenvalue weighted by molar-refractivity contribution is -0.139. The SMILES string of the molecule is COc1ccc(CN2C(=O)CCCC[C@@H]3NCC[C@@]32C)cc1. The van der Waals surface area contributed by atoms with Crippen molar-refractivity contribution in [2.45, 2.75) is 57.2 Å². The van der Waals surface area contributed by atoms with Crippen molar-refractivity contribution in [3.8, 4) is 5.75 Å². The first kappa shape index (κ1) is 15.3. The van der Waals surface area contributed by atoms with Gasteiger partial charge in [-0.05, 0) is 50.4 Å². The van der Waals surface area contributed by atoms with Crippen molar-refractivity contribution in [3.63, 3.8) is 0 Å². The van der Waals surface area contributed by atoms with E-state index in [2.05, 4.69) is 29.3 Å². The average molecular weight is 302 g/mol. The van der Waals surface area contributed by atoms with E-state index in [-0.39, 0.29) is 5.54 Å². The van der Waals surface area contributed by atoms with Crippen LogP contribution in [0.3, 0.4) is 0 Å². The van der Waals surface area contributed by atoms with Crippen molar-refractivity contribution in [1.29, 1.82) is 0 Å². The summed E-state index contributed by atoms with van der Waals surface area (Å²) in [5, 5.41) is 3.61. The largest absolute Gasteiger partial charge is 0.497 e. The third-order valence-corrected chi connectivity index (χ3v) is 5.32. The predicted octanol–water partition coefficient (Wildman–Crippen LogP) is 2.72. The first-order chi connectivity index (χ1) is 10.6. The summed E-state index contributed by atoms with van der Waals surface area (Å²) < 4.78 is 5.22. The van der Waals surface area contributed by atoms with Crippen molar-refractivity contribution in [2.24, 2.45) is 0 Å². The Balaban J connectivity index is 1.84. The molecule has 0 saturated carbocycles. The topological polar surface area (TPSA) is 41.6 Å². The number of carbonyl (C=O) groups excluding carboxylic acids is 1. The summed E-state index contributed by atoms with van der Waals surface area (Å²) in [5.74, 6) is 1.15. The van der Waals surface area contributed by atoms with Crippen molar-refractivity contribution >= 4 is 5.91 Å². The smallest absolute Gasteiger partial charge is 0.223 e. The minimum atomic E-state index is -0.0581. The highest BCUT2D eigenvalue weighted by Gasteiger charge is 2.45. The molecule has 0 spiro atoms. The lowest BCUT2D eigenvalue weighted by Gasteiger charge is -2.44. The molecule has 0 radical (unpaired) electrons. The number of benzene rings is 1.